The molecule has 0 heterocycles. The molecule has 5 rings (SSSR count). The first kappa shape index (κ1) is 30.6. The predicted molar refractivity (Wildman–Crippen MR) is 185 cm³/mol. The predicted octanol–water partition coefficient (Wildman–Crippen LogP) is 7.85. The van der Waals surface area contributed by atoms with Gasteiger partial charge in [0.2, 0.25) is 0 Å². The molecule has 0 bridgehead atoms. The molecule has 0 unspecified atom stereocenters. The van der Waals surface area contributed by atoms with Crippen molar-refractivity contribution in [2.75, 3.05) is 5.73 Å². The highest BCUT2D eigenvalue weighted by Gasteiger charge is 2.14. The van der Waals surface area contributed by atoms with E-state index in [-0.39, 0.29) is 5.41 Å². The van der Waals surface area contributed by atoms with Gasteiger partial charge >= 0.3 is 0 Å². The van der Waals surface area contributed by atoms with Gasteiger partial charge in [0.1, 0.15) is 6.10 Å². The summed E-state index contributed by atoms with van der Waals surface area (Å²) >= 11 is 0. The van der Waals surface area contributed by atoms with Crippen LogP contribution in [0.2, 0.25) is 0 Å². The van der Waals surface area contributed by atoms with Crippen LogP contribution >= 0.6 is 0 Å². The molecule has 5 aromatic rings. The Kier molecular flexibility index (Phi) is 9.54. The molecule has 0 saturated carbocycles. The minimum absolute atomic E-state index is 0.0202. The van der Waals surface area contributed by atoms with Crippen molar-refractivity contribution in [1.29, 1.82) is 0 Å². The zero-order valence-corrected chi connectivity index (χ0v) is 25.6. The number of rotatable bonds is 1. The average molecular weight is 580 g/mol. The minimum atomic E-state index is -0.949. The van der Waals surface area contributed by atoms with Gasteiger partial charge in [0, 0.05) is 44.6 Å². The highest BCUT2D eigenvalue weighted by atomic mass is 16.3. The zero-order chi connectivity index (χ0) is 31.6. The monoisotopic (exact) mass is 579 g/mol. The van der Waals surface area contributed by atoms with Gasteiger partial charge in [-0.3, -0.25) is 0 Å². The molecule has 0 aliphatic heterocycles. The van der Waals surface area contributed by atoms with E-state index in [0.29, 0.717) is 16.8 Å². The van der Waals surface area contributed by atoms with E-state index < -0.39 is 6.10 Å². The molecule has 0 fully saturated rings. The molecule has 2 heteroatoms. The van der Waals surface area contributed by atoms with Crippen molar-refractivity contribution in [3.8, 4) is 47.4 Å². The molecule has 0 radical (unpaired) electrons. The van der Waals surface area contributed by atoms with Crippen LogP contribution < -0.4 is 5.73 Å². The fraction of sp³-hybridized carbons (Fsp3) is 0.116. The van der Waals surface area contributed by atoms with E-state index in [0.717, 1.165) is 38.9 Å². The van der Waals surface area contributed by atoms with Gasteiger partial charge in [0.15, 0.2) is 0 Å². The summed E-state index contributed by atoms with van der Waals surface area (Å²) in [5.74, 6) is 25.5. The van der Waals surface area contributed by atoms with Crippen LogP contribution in [0.3, 0.4) is 0 Å². The SMILES string of the molecule is CC(C)(C)c1ccc(N)c(C#C[C@@H](O)c2ccc(C#Cc3cc(C#Cc4ccccc4)cc(C#Cc4ccccc4)c3)cc2)c1. The molecule has 0 aliphatic carbocycles. The normalized spacial score (nSPS) is 10.8. The fourth-order valence-electron chi connectivity index (χ4n) is 4.43. The Hall–Kier alpha value is -5.90. The van der Waals surface area contributed by atoms with Crippen LogP contribution in [0.5, 0.6) is 0 Å². The first-order chi connectivity index (χ1) is 21.7. The molecule has 0 saturated heterocycles. The van der Waals surface area contributed by atoms with E-state index >= 15 is 0 Å². The topological polar surface area (TPSA) is 46.2 Å². The smallest absolute Gasteiger partial charge is 0.140 e. The van der Waals surface area contributed by atoms with Crippen molar-refractivity contribution >= 4 is 5.69 Å². The Labute approximate surface area is 267 Å². The average Bonchev–Trinajstić information content (AvgIpc) is 3.05. The van der Waals surface area contributed by atoms with E-state index in [1.807, 2.05) is 121 Å². The summed E-state index contributed by atoms with van der Waals surface area (Å²) in [5, 5.41) is 10.8. The lowest BCUT2D eigenvalue weighted by Crippen LogP contribution is -2.11. The van der Waals surface area contributed by atoms with Crippen molar-refractivity contribution in [1.82, 2.24) is 0 Å². The lowest BCUT2D eigenvalue weighted by molar-refractivity contribution is 0.238. The van der Waals surface area contributed by atoms with E-state index in [1.165, 1.54) is 0 Å². The van der Waals surface area contributed by atoms with Crippen LogP contribution in [0, 0.1) is 47.4 Å². The molecule has 0 amide bonds. The van der Waals surface area contributed by atoms with Crippen molar-refractivity contribution < 1.29 is 5.11 Å². The van der Waals surface area contributed by atoms with E-state index in [2.05, 4.69) is 68.1 Å². The molecule has 2 nitrogen and oxygen atoms in total. The summed E-state index contributed by atoms with van der Waals surface area (Å²) in [7, 11) is 0. The van der Waals surface area contributed by atoms with Crippen LogP contribution in [0.4, 0.5) is 5.69 Å². The zero-order valence-electron chi connectivity index (χ0n) is 25.6. The van der Waals surface area contributed by atoms with Gasteiger partial charge in [-0.1, -0.05) is 123 Å². The van der Waals surface area contributed by atoms with Gasteiger partial charge in [0.25, 0.3) is 0 Å². The second-order valence-corrected chi connectivity index (χ2v) is 11.6. The Balaban J connectivity index is 1.38. The van der Waals surface area contributed by atoms with Crippen molar-refractivity contribution in [3.05, 3.63) is 171 Å². The molecule has 1 atom stereocenters. The summed E-state index contributed by atoms with van der Waals surface area (Å²) in [4.78, 5) is 0. The van der Waals surface area contributed by atoms with E-state index in [4.69, 9.17) is 5.73 Å². The quantitative estimate of drug-likeness (QED) is 0.157. The molecular formula is C43H33NO. The summed E-state index contributed by atoms with van der Waals surface area (Å²) < 4.78 is 0. The van der Waals surface area contributed by atoms with Gasteiger partial charge in [-0.25, -0.2) is 0 Å². The van der Waals surface area contributed by atoms with Gasteiger partial charge in [-0.05, 0) is 83.3 Å². The summed E-state index contributed by atoms with van der Waals surface area (Å²) in [6.45, 7) is 6.43. The van der Waals surface area contributed by atoms with Crippen molar-refractivity contribution in [2.24, 2.45) is 0 Å². The largest absolute Gasteiger partial charge is 0.398 e. The maximum Gasteiger partial charge on any atom is 0.140 e. The van der Waals surface area contributed by atoms with Crippen LogP contribution in [-0.4, -0.2) is 5.11 Å². The lowest BCUT2D eigenvalue weighted by atomic mass is 9.86. The number of hydrogen-bond donors (Lipinski definition) is 2. The fourth-order valence-corrected chi connectivity index (χ4v) is 4.43. The highest BCUT2D eigenvalue weighted by Crippen LogP contribution is 2.25. The number of anilines is 1. The minimum Gasteiger partial charge on any atom is -0.398 e. The highest BCUT2D eigenvalue weighted by molar-refractivity contribution is 5.59. The van der Waals surface area contributed by atoms with Crippen molar-refractivity contribution in [3.63, 3.8) is 0 Å². The third kappa shape index (κ3) is 8.80. The molecule has 0 aromatic heterocycles. The number of nitrogens with two attached hydrogens (primary N) is 1. The maximum atomic E-state index is 10.8. The Morgan fingerprint density at radius 2 is 0.956 bits per heavy atom. The van der Waals surface area contributed by atoms with Crippen LogP contribution in [0.15, 0.2) is 121 Å². The maximum absolute atomic E-state index is 10.8. The summed E-state index contributed by atoms with van der Waals surface area (Å²) in [5.41, 5.74) is 14.5. The summed E-state index contributed by atoms with van der Waals surface area (Å²) in [6.07, 6.45) is -0.949. The Morgan fingerprint density at radius 3 is 1.42 bits per heavy atom. The van der Waals surface area contributed by atoms with Crippen LogP contribution in [0.25, 0.3) is 0 Å². The Morgan fingerprint density at radius 1 is 0.511 bits per heavy atom. The standard InChI is InChI=1S/C43H33NO/c1-43(2,3)40-25-26-41(44)39(31-40)24-27-42(45)38-22-20-34(21-23-38)16-19-37-29-35(17-14-32-10-6-4-7-11-32)28-36(30-37)18-15-33-12-8-5-9-13-33/h4-13,20-23,25-26,28-31,42,45H,44H2,1-3H3/t42-/m1/s1. The van der Waals surface area contributed by atoms with E-state index in [1.54, 1.807) is 0 Å². The van der Waals surface area contributed by atoms with Crippen LogP contribution in [0.1, 0.15) is 76.9 Å². The van der Waals surface area contributed by atoms with E-state index in [9.17, 15) is 5.11 Å². The second-order valence-electron chi connectivity index (χ2n) is 11.6. The number of benzene rings is 5. The molecule has 3 N–H and O–H groups in total. The molecule has 216 valence electrons. The number of nitrogen functional groups attached to an aromatic ring is 1. The molecule has 45 heavy (non-hydrogen) atoms. The van der Waals surface area contributed by atoms with Gasteiger partial charge in [-0.15, -0.1) is 0 Å². The van der Waals surface area contributed by atoms with Gasteiger partial charge in [-0.2, -0.15) is 0 Å². The van der Waals surface area contributed by atoms with Gasteiger partial charge < -0.3 is 10.8 Å². The molecule has 5 aromatic carbocycles. The number of hydrogen-bond acceptors (Lipinski definition) is 2. The first-order valence-electron chi connectivity index (χ1n) is 14.7. The summed E-state index contributed by atoms with van der Waals surface area (Å²) in [6, 6.07) is 39.1. The molecule has 0 spiro atoms. The first-order valence-corrected chi connectivity index (χ1v) is 14.7. The number of aliphatic hydroxyl groups excluding tert-OH is 1. The second kappa shape index (κ2) is 14.0. The van der Waals surface area contributed by atoms with Gasteiger partial charge in [0.05, 0.1) is 0 Å². The third-order valence-corrected chi connectivity index (χ3v) is 7.02. The molecular weight excluding hydrogens is 546 g/mol. The lowest BCUT2D eigenvalue weighted by Gasteiger charge is -2.19. The van der Waals surface area contributed by atoms with Crippen molar-refractivity contribution in [2.45, 2.75) is 32.3 Å². The Bertz CT molecular complexity index is 1980. The van der Waals surface area contributed by atoms with Crippen LogP contribution in [-0.2, 0) is 5.41 Å². The third-order valence-electron chi connectivity index (χ3n) is 7.02. The number of aliphatic hydroxyl groups is 1. The molecule has 0 aliphatic rings.